The smallest absolute Gasteiger partial charge is 0.0406 e. The van der Waals surface area contributed by atoms with E-state index in [9.17, 15) is 0 Å². The van der Waals surface area contributed by atoms with Crippen molar-refractivity contribution in [1.29, 1.82) is 0 Å². The molecule has 0 spiro atoms. The van der Waals surface area contributed by atoms with Gasteiger partial charge in [-0.1, -0.05) is 18.9 Å². The first kappa shape index (κ1) is 10.6. The summed E-state index contributed by atoms with van der Waals surface area (Å²) < 4.78 is 0. The van der Waals surface area contributed by atoms with Gasteiger partial charge in [0.15, 0.2) is 0 Å². The lowest BCUT2D eigenvalue weighted by atomic mass is 9.77. The number of pyridine rings is 1. The zero-order chi connectivity index (χ0) is 10.5. The highest BCUT2D eigenvalue weighted by Gasteiger charge is 2.24. The summed E-state index contributed by atoms with van der Waals surface area (Å²) in [4.78, 5) is 4.40. The minimum absolute atomic E-state index is 0.723. The van der Waals surface area contributed by atoms with E-state index in [1.807, 2.05) is 12.3 Å². The van der Waals surface area contributed by atoms with Gasteiger partial charge in [-0.05, 0) is 49.8 Å². The Hall–Kier alpha value is -0.890. The van der Waals surface area contributed by atoms with E-state index in [-0.39, 0.29) is 0 Å². The molecule has 2 unspecified atom stereocenters. The van der Waals surface area contributed by atoms with E-state index < -0.39 is 0 Å². The molecule has 2 rings (SSSR count). The van der Waals surface area contributed by atoms with Crippen molar-refractivity contribution in [1.82, 2.24) is 4.98 Å². The molecule has 2 N–H and O–H groups in total. The first-order valence-electron chi connectivity index (χ1n) is 6.00. The lowest BCUT2D eigenvalue weighted by Gasteiger charge is -2.30. The van der Waals surface area contributed by atoms with E-state index in [2.05, 4.69) is 17.1 Å². The van der Waals surface area contributed by atoms with Crippen molar-refractivity contribution in [3.8, 4) is 0 Å². The van der Waals surface area contributed by atoms with Crippen LogP contribution in [0, 0.1) is 11.8 Å². The molecule has 0 amide bonds. The number of hydrogen-bond donors (Lipinski definition) is 1. The fourth-order valence-corrected chi connectivity index (χ4v) is 2.65. The van der Waals surface area contributed by atoms with Crippen LogP contribution in [0.25, 0.3) is 0 Å². The van der Waals surface area contributed by atoms with E-state index in [0.717, 1.165) is 24.8 Å². The summed E-state index contributed by atoms with van der Waals surface area (Å²) in [5.74, 6) is 1.49. The molecule has 0 aromatic carbocycles. The van der Waals surface area contributed by atoms with Crippen molar-refractivity contribution >= 4 is 0 Å². The van der Waals surface area contributed by atoms with Gasteiger partial charge in [0.2, 0.25) is 0 Å². The maximum absolute atomic E-state index is 5.83. The highest BCUT2D eigenvalue weighted by molar-refractivity contribution is 5.05. The highest BCUT2D eigenvalue weighted by Crippen LogP contribution is 2.31. The van der Waals surface area contributed by atoms with Crippen LogP contribution in [-0.4, -0.2) is 11.5 Å². The van der Waals surface area contributed by atoms with E-state index in [1.165, 1.54) is 31.4 Å². The quantitative estimate of drug-likeness (QED) is 0.821. The van der Waals surface area contributed by atoms with Crippen LogP contribution in [-0.2, 0) is 6.42 Å². The Balaban J connectivity index is 1.97. The zero-order valence-electron chi connectivity index (χ0n) is 9.23. The Bertz CT molecular complexity index is 284. The molecule has 0 saturated heterocycles. The third kappa shape index (κ3) is 2.78. The summed E-state index contributed by atoms with van der Waals surface area (Å²) in [5.41, 5.74) is 7.05. The third-order valence-corrected chi connectivity index (χ3v) is 3.57. The van der Waals surface area contributed by atoms with Crippen molar-refractivity contribution in [3.05, 3.63) is 30.1 Å². The Morgan fingerprint density at radius 3 is 2.67 bits per heavy atom. The van der Waals surface area contributed by atoms with Gasteiger partial charge in [-0.25, -0.2) is 0 Å². The molecule has 1 aliphatic rings. The van der Waals surface area contributed by atoms with Crippen molar-refractivity contribution in [3.63, 3.8) is 0 Å². The fourth-order valence-electron chi connectivity index (χ4n) is 2.65. The minimum Gasteiger partial charge on any atom is -0.330 e. The van der Waals surface area contributed by atoms with Gasteiger partial charge in [-0.15, -0.1) is 0 Å². The first-order valence-corrected chi connectivity index (χ1v) is 6.00. The summed E-state index contributed by atoms with van der Waals surface area (Å²) in [6.45, 7) is 0.845. The minimum atomic E-state index is 0.723. The van der Waals surface area contributed by atoms with E-state index in [1.54, 1.807) is 0 Å². The normalized spacial score (nSPS) is 26.5. The van der Waals surface area contributed by atoms with Gasteiger partial charge in [-0.2, -0.15) is 0 Å². The Kier molecular flexibility index (Phi) is 3.73. The zero-order valence-corrected chi connectivity index (χ0v) is 9.23. The fraction of sp³-hybridized carbons (Fsp3) is 0.615. The van der Waals surface area contributed by atoms with Crippen LogP contribution in [0.4, 0.5) is 0 Å². The van der Waals surface area contributed by atoms with Gasteiger partial charge < -0.3 is 5.73 Å². The molecular weight excluding hydrogens is 184 g/mol. The molecule has 1 aliphatic carbocycles. The predicted molar refractivity (Wildman–Crippen MR) is 62.4 cm³/mol. The first-order chi connectivity index (χ1) is 7.40. The molecule has 1 fully saturated rings. The molecule has 0 radical (unpaired) electrons. The lowest BCUT2D eigenvalue weighted by molar-refractivity contribution is 0.240. The third-order valence-electron chi connectivity index (χ3n) is 3.57. The summed E-state index contributed by atoms with van der Waals surface area (Å²) in [6, 6.07) is 6.18. The molecule has 1 aromatic rings. The summed E-state index contributed by atoms with van der Waals surface area (Å²) in [5, 5.41) is 0. The average Bonchev–Trinajstić information content (AvgIpc) is 2.31. The van der Waals surface area contributed by atoms with Crippen LogP contribution >= 0.6 is 0 Å². The number of nitrogens with zero attached hydrogens (tertiary/aromatic N) is 1. The van der Waals surface area contributed by atoms with Crippen LogP contribution in [0.5, 0.6) is 0 Å². The van der Waals surface area contributed by atoms with Gasteiger partial charge in [0.05, 0.1) is 0 Å². The second-order valence-corrected chi connectivity index (χ2v) is 4.57. The van der Waals surface area contributed by atoms with Crippen molar-refractivity contribution in [2.45, 2.75) is 32.1 Å². The molecule has 2 atom stereocenters. The van der Waals surface area contributed by atoms with Crippen molar-refractivity contribution < 1.29 is 0 Å². The van der Waals surface area contributed by atoms with E-state index in [0.29, 0.717) is 0 Å². The Morgan fingerprint density at radius 2 is 2.00 bits per heavy atom. The van der Waals surface area contributed by atoms with Gasteiger partial charge in [0.25, 0.3) is 0 Å². The van der Waals surface area contributed by atoms with Crippen LogP contribution in [0.15, 0.2) is 24.4 Å². The molecular formula is C13H20N2. The number of rotatable bonds is 3. The standard InChI is InChI=1S/C13H20N2/c14-10-12-6-2-1-5-11(12)9-13-7-3-4-8-15-13/h3-4,7-8,11-12H,1-2,5-6,9-10,14H2. The molecule has 15 heavy (non-hydrogen) atoms. The van der Waals surface area contributed by atoms with Crippen LogP contribution < -0.4 is 5.73 Å². The maximum atomic E-state index is 5.83. The summed E-state index contributed by atoms with van der Waals surface area (Å²) in [7, 11) is 0. The van der Waals surface area contributed by atoms with Crippen LogP contribution in [0.3, 0.4) is 0 Å². The van der Waals surface area contributed by atoms with Crippen LogP contribution in [0.2, 0.25) is 0 Å². The molecule has 1 saturated carbocycles. The molecule has 1 heterocycles. The van der Waals surface area contributed by atoms with Gasteiger partial charge in [0.1, 0.15) is 0 Å². The number of hydrogen-bond acceptors (Lipinski definition) is 2. The second kappa shape index (κ2) is 5.26. The lowest BCUT2D eigenvalue weighted by Crippen LogP contribution is -2.28. The monoisotopic (exact) mass is 204 g/mol. The predicted octanol–water partition coefficient (Wildman–Crippen LogP) is 2.39. The van der Waals surface area contributed by atoms with E-state index >= 15 is 0 Å². The molecule has 2 nitrogen and oxygen atoms in total. The highest BCUT2D eigenvalue weighted by atomic mass is 14.7. The molecule has 82 valence electrons. The summed E-state index contributed by atoms with van der Waals surface area (Å²) in [6.07, 6.45) is 8.37. The summed E-state index contributed by atoms with van der Waals surface area (Å²) >= 11 is 0. The van der Waals surface area contributed by atoms with Crippen molar-refractivity contribution in [2.75, 3.05) is 6.54 Å². The molecule has 2 heteroatoms. The van der Waals surface area contributed by atoms with Gasteiger partial charge in [-0.3, -0.25) is 4.98 Å². The number of nitrogens with two attached hydrogens (primary N) is 1. The van der Waals surface area contributed by atoms with Crippen LogP contribution in [0.1, 0.15) is 31.4 Å². The van der Waals surface area contributed by atoms with Gasteiger partial charge in [0, 0.05) is 11.9 Å². The largest absolute Gasteiger partial charge is 0.330 e. The maximum Gasteiger partial charge on any atom is 0.0406 e. The Morgan fingerprint density at radius 1 is 1.20 bits per heavy atom. The van der Waals surface area contributed by atoms with Gasteiger partial charge >= 0.3 is 0 Å². The molecule has 0 bridgehead atoms. The second-order valence-electron chi connectivity index (χ2n) is 4.57. The van der Waals surface area contributed by atoms with E-state index in [4.69, 9.17) is 5.73 Å². The average molecular weight is 204 g/mol. The topological polar surface area (TPSA) is 38.9 Å². The molecule has 0 aliphatic heterocycles. The van der Waals surface area contributed by atoms with Crippen molar-refractivity contribution in [2.24, 2.45) is 17.6 Å². The number of aromatic nitrogens is 1. The molecule has 1 aromatic heterocycles. The SMILES string of the molecule is NCC1CCCCC1Cc1ccccn1. The Labute approximate surface area is 91.9 Å².